The zero-order valence-corrected chi connectivity index (χ0v) is 22.4. The van der Waals surface area contributed by atoms with E-state index >= 15 is 0 Å². The molecule has 3 rings (SSSR count). The highest BCUT2D eigenvalue weighted by molar-refractivity contribution is 9.11. The number of hydrogen-bond donors (Lipinski definition) is 2. The minimum absolute atomic E-state index is 0.204. The van der Waals surface area contributed by atoms with Gasteiger partial charge in [-0.25, -0.2) is 13.2 Å². The van der Waals surface area contributed by atoms with Crippen molar-refractivity contribution < 1.29 is 49.1 Å². The average molecular weight is 694 g/mol. The normalized spacial score (nSPS) is 11.8. The molecule has 3 aromatic rings. The van der Waals surface area contributed by atoms with Gasteiger partial charge in [0, 0.05) is 27.1 Å². The van der Waals surface area contributed by atoms with Gasteiger partial charge in [0.25, 0.3) is 11.8 Å². The first-order chi connectivity index (χ1) is 17.9. The van der Waals surface area contributed by atoms with Crippen molar-refractivity contribution in [3.8, 4) is 0 Å². The fourth-order valence-corrected chi connectivity index (χ4v) is 4.34. The van der Waals surface area contributed by atoms with Gasteiger partial charge in [0.05, 0.1) is 11.3 Å². The van der Waals surface area contributed by atoms with Crippen molar-refractivity contribution in [1.29, 1.82) is 0 Å². The Kier molecular flexibility index (Phi) is 10.2. The maximum absolute atomic E-state index is 14.2. The molecule has 3 aromatic carbocycles. The predicted octanol–water partition coefficient (Wildman–Crippen LogP) is 8.08. The van der Waals surface area contributed by atoms with Crippen LogP contribution in [-0.4, -0.2) is 31.2 Å². The molecule has 0 bridgehead atoms. The Morgan fingerprint density at radius 3 is 1.67 bits per heavy atom. The summed E-state index contributed by atoms with van der Waals surface area (Å²) in [6.07, 6.45) is -12.6. The van der Waals surface area contributed by atoms with Crippen LogP contribution in [0, 0.1) is 11.6 Å². The van der Waals surface area contributed by atoms with Crippen LogP contribution in [-0.2, 0) is 5.67 Å². The Morgan fingerprint density at radius 1 is 0.744 bits per heavy atom. The number of anilines is 1. The molecular weight excluding hydrogens is 679 g/mol. The summed E-state index contributed by atoms with van der Waals surface area (Å²) in [5, 5.41) is 4.57. The Morgan fingerprint density at radius 2 is 1.23 bits per heavy atom. The SMILES string of the molecule is CNC(=O)c1ccc(F)cc1.O=C(Nc1c(Br)cc(C(F)(C(F)(F)F)C(F)(F)F)cc1Br)c1ccccc1F. The topological polar surface area (TPSA) is 58.2 Å². The second kappa shape index (κ2) is 12.4. The molecule has 0 aliphatic carbocycles. The van der Waals surface area contributed by atoms with E-state index in [0.29, 0.717) is 5.56 Å². The molecular formula is C24H15Br2F9N2O2. The Labute approximate surface area is 231 Å². The summed E-state index contributed by atoms with van der Waals surface area (Å²) >= 11 is 5.41. The van der Waals surface area contributed by atoms with Crippen LogP contribution < -0.4 is 10.6 Å². The standard InChI is InChI=1S/C16H7Br2F8NO.C8H8FNO/c17-9-5-7(14(20,15(21,22)23)16(24,25)26)6-10(18)12(9)27-13(28)8-3-1-2-4-11(8)19;1-10-8(11)6-2-4-7(9)5-3-6/h1-6H,(H,27,28);2-5H,1H3,(H,10,11). The van der Waals surface area contributed by atoms with Crippen molar-refractivity contribution in [2.45, 2.75) is 18.0 Å². The van der Waals surface area contributed by atoms with Gasteiger partial charge >= 0.3 is 18.0 Å². The highest BCUT2D eigenvalue weighted by atomic mass is 79.9. The van der Waals surface area contributed by atoms with E-state index < -0.39 is 49.8 Å². The van der Waals surface area contributed by atoms with Crippen LogP contribution in [0.1, 0.15) is 26.3 Å². The second-order valence-electron chi connectivity index (χ2n) is 7.49. The Hall–Kier alpha value is -3.07. The third kappa shape index (κ3) is 7.32. The minimum Gasteiger partial charge on any atom is -0.355 e. The van der Waals surface area contributed by atoms with Crippen LogP contribution >= 0.6 is 31.9 Å². The van der Waals surface area contributed by atoms with Gasteiger partial charge in [0.2, 0.25) is 0 Å². The molecule has 2 amide bonds. The largest absolute Gasteiger partial charge is 0.435 e. The molecule has 2 N–H and O–H groups in total. The molecule has 0 fully saturated rings. The van der Waals surface area contributed by atoms with Gasteiger partial charge < -0.3 is 10.6 Å². The van der Waals surface area contributed by atoms with Crippen molar-refractivity contribution in [2.75, 3.05) is 12.4 Å². The molecule has 0 saturated carbocycles. The molecule has 210 valence electrons. The summed E-state index contributed by atoms with van der Waals surface area (Å²) in [4.78, 5) is 23.0. The third-order valence-electron chi connectivity index (χ3n) is 4.91. The minimum atomic E-state index is -6.29. The van der Waals surface area contributed by atoms with Crippen molar-refractivity contribution in [3.05, 3.63) is 97.9 Å². The number of rotatable bonds is 4. The van der Waals surface area contributed by atoms with Crippen molar-refractivity contribution >= 4 is 49.4 Å². The molecule has 0 radical (unpaired) electrons. The number of amides is 2. The van der Waals surface area contributed by atoms with E-state index in [0.717, 1.165) is 12.1 Å². The van der Waals surface area contributed by atoms with Gasteiger partial charge in [-0.05, 0) is 80.4 Å². The van der Waals surface area contributed by atoms with E-state index in [-0.39, 0.29) is 29.5 Å². The molecule has 15 heteroatoms. The fourth-order valence-electron chi connectivity index (χ4n) is 2.95. The van der Waals surface area contributed by atoms with Crippen LogP contribution in [0.2, 0.25) is 0 Å². The molecule has 0 spiro atoms. The second-order valence-corrected chi connectivity index (χ2v) is 9.20. The van der Waals surface area contributed by atoms with E-state index in [4.69, 9.17) is 0 Å². The molecule has 0 unspecified atom stereocenters. The van der Waals surface area contributed by atoms with Gasteiger partial charge in [-0.3, -0.25) is 9.59 Å². The smallest absolute Gasteiger partial charge is 0.355 e. The van der Waals surface area contributed by atoms with Crippen molar-refractivity contribution in [2.24, 2.45) is 0 Å². The lowest BCUT2D eigenvalue weighted by atomic mass is 9.94. The Bertz CT molecular complexity index is 1310. The van der Waals surface area contributed by atoms with Gasteiger partial charge in [-0.1, -0.05) is 12.1 Å². The summed E-state index contributed by atoms with van der Waals surface area (Å²) in [6, 6.07) is 10.6. The molecule has 0 aliphatic heterocycles. The summed E-state index contributed by atoms with van der Waals surface area (Å²) in [6.45, 7) is 0. The highest BCUT2D eigenvalue weighted by Gasteiger charge is 2.73. The van der Waals surface area contributed by atoms with E-state index in [1.165, 1.54) is 43.4 Å². The number of nitrogens with one attached hydrogen (secondary N) is 2. The first kappa shape index (κ1) is 32.1. The van der Waals surface area contributed by atoms with Crippen molar-refractivity contribution in [1.82, 2.24) is 5.32 Å². The Balaban J connectivity index is 0.000000404. The number of carbonyl (C=O) groups excluding carboxylic acids is 2. The molecule has 0 aliphatic rings. The number of benzene rings is 3. The molecule has 0 heterocycles. The lowest BCUT2D eigenvalue weighted by Gasteiger charge is -2.31. The average Bonchev–Trinajstić information content (AvgIpc) is 2.84. The van der Waals surface area contributed by atoms with Gasteiger partial charge in [-0.15, -0.1) is 0 Å². The number of halogens is 11. The van der Waals surface area contributed by atoms with Crippen LogP contribution in [0.25, 0.3) is 0 Å². The lowest BCUT2D eigenvalue weighted by molar-refractivity contribution is -0.348. The van der Waals surface area contributed by atoms with Crippen LogP contribution in [0.4, 0.5) is 45.2 Å². The monoisotopic (exact) mass is 692 g/mol. The van der Waals surface area contributed by atoms with Crippen LogP contribution in [0.15, 0.2) is 69.6 Å². The van der Waals surface area contributed by atoms with Crippen LogP contribution in [0.3, 0.4) is 0 Å². The molecule has 0 aromatic heterocycles. The van der Waals surface area contributed by atoms with Gasteiger partial charge in [-0.2, -0.15) is 26.3 Å². The third-order valence-corrected chi connectivity index (χ3v) is 6.16. The highest BCUT2D eigenvalue weighted by Crippen LogP contribution is 2.54. The maximum atomic E-state index is 14.2. The molecule has 0 atom stereocenters. The lowest BCUT2D eigenvalue weighted by Crippen LogP contribution is -2.50. The predicted molar refractivity (Wildman–Crippen MR) is 131 cm³/mol. The molecule has 0 saturated heterocycles. The van der Waals surface area contributed by atoms with E-state index in [2.05, 4.69) is 42.5 Å². The van der Waals surface area contributed by atoms with Crippen molar-refractivity contribution in [3.63, 3.8) is 0 Å². The van der Waals surface area contributed by atoms with E-state index in [9.17, 15) is 49.1 Å². The zero-order valence-electron chi connectivity index (χ0n) is 19.2. The van der Waals surface area contributed by atoms with Gasteiger partial charge in [0.1, 0.15) is 11.6 Å². The van der Waals surface area contributed by atoms with E-state index in [1.807, 2.05) is 0 Å². The van der Waals surface area contributed by atoms with Gasteiger partial charge in [0.15, 0.2) is 0 Å². The van der Waals surface area contributed by atoms with Crippen LogP contribution in [0.5, 0.6) is 0 Å². The fraction of sp³-hybridized carbons (Fsp3) is 0.167. The summed E-state index contributed by atoms with van der Waals surface area (Å²) in [5.41, 5.74) is -7.66. The molecule has 39 heavy (non-hydrogen) atoms. The van der Waals surface area contributed by atoms with E-state index in [1.54, 1.807) is 0 Å². The number of hydrogen-bond acceptors (Lipinski definition) is 2. The first-order valence-electron chi connectivity index (χ1n) is 10.3. The summed E-state index contributed by atoms with van der Waals surface area (Å²) < 4.78 is 117. The maximum Gasteiger partial charge on any atom is 0.435 e. The zero-order chi connectivity index (χ0) is 29.8. The first-order valence-corrected chi connectivity index (χ1v) is 11.9. The number of carbonyl (C=O) groups is 2. The molecule has 4 nitrogen and oxygen atoms in total. The quantitative estimate of drug-likeness (QED) is 0.272. The number of alkyl halides is 7. The summed E-state index contributed by atoms with van der Waals surface area (Å²) in [7, 11) is 1.53. The summed E-state index contributed by atoms with van der Waals surface area (Å²) in [5.74, 6) is -2.46.